The van der Waals surface area contributed by atoms with E-state index in [0.717, 1.165) is 0 Å². The zero-order valence-corrected chi connectivity index (χ0v) is 13.3. The fourth-order valence-electron chi connectivity index (χ4n) is 2.36. The highest BCUT2D eigenvalue weighted by molar-refractivity contribution is 5.81. The molecule has 1 heterocycles. The maximum absolute atomic E-state index is 13.5. The van der Waals surface area contributed by atoms with Crippen LogP contribution in [0.2, 0.25) is 0 Å². The van der Waals surface area contributed by atoms with Crippen LogP contribution in [0.25, 0.3) is 10.8 Å². The monoisotopic (exact) mass is 382 g/mol. The fraction of sp³-hybridized carbons (Fsp3) is 0.0625. The maximum atomic E-state index is 13.5. The second-order valence-electron chi connectivity index (χ2n) is 5.39. The molecule has 0 saturated carbocycles. The molecule has 0 bridgehead atoms. The van der Waals surface area contributed by atoms with Crippen molar-refractivity contribution in [2.45, 2.75) is 6.54 Å². The van der Waals surface area contributed by atoms with Crippen LogP contribution in [0.1, 0.15) is 0 Å². The number of hydrazine groups is 1. The van der Waals surface area contributed by atoms with Crippen molar-refractivity contribution >= 4 is 22.4 Å². The topological polar surface area (TPSA) is 96.0 Å². The van der Waals surface area contributed by atoms with Gasteiger partial charge in [0.1, 0.15) is 12.2 Å². The third-order valence-corrected chi connectivity index (χ3v) is 3.62. The standard InChI is InChI=1S/C16H10F4N4O3/c17-9-5-10(18)13(20)14(12(9)19)22-21-11(25)6-24-16(27)8-4-2-1-3-7(8)15(26)23-24/h1-5,22H,6H2,(H,21,25)(H,23,26). The molecule has 0 unspecified atom stereocenters. The van der Waals surface area contributed by atoms with Crippen molar-refractivity contribution in [2.24, 2.45) is 0 Å². The van der Waals surface area contributed by atoms with Crippen LogP contribution in [0, 0.1) is 23.3 Å². The summed E-state index contributed by atoms with van der Waals surface area (Å²) in [5.41, 5.74) is 0.947. The highest BCUT2D eigenvalue weighted by Gasteiger charge is 2.19. The van der Waals surface area contributed by atoms with Gasteiger partial charge in [-0.2, -0.15) is 0 Å². The summed E-state index contributed by atoms with van der Waals surface area (Å²) in [5, 5.41) is 2.36. The Morgan fingerprint density at radius 2 is 1.59 bits per heavy atom. The van der Waals surface area contributed by atoms with Crippen LogP contribution < -0.4 is 22.0 Å². The van der Waals surface area contributed by atoms with E-state index >= 15 is 0 Å². The van der Waals surface area contributed by atoms with Crippen LogP contribution in [0.4, 0.5) is 23.2 Å². The minimum Gasteiger partial charge on any atom is -0.293 e. The van der Waals surface area contributed by atoms with Gasteiger partial charge in [-0.15, -0.1) is 0 Å². The van der Waals surface area contributed by atoms with E-state index in [2.05, 4.69) is 5.10 Å². The Kier molecular flexibility index (Phi) is 4.67. The van der Waals surface area contributed by atoms with Gasteiger partial charge in [0.25, 0.3) is 17.0 Å². The molecule has 3 N–H and O–H groups in total. The summed E-state index contributed by atoms with van der Waals surface area (Å²) in [5.74, 6) is -7.84. The van der Waals surface area contributed by atoms with Gasteiger partial charge in [0.2, 0.25) is 0 Å². The molecule has 27 heavy (non-hydrogen) atoms. The first-order valence-corrected chi connectivity index (χ1v) is 7.39. The fourth-order valence-corrected chi connectivity index (χ4v) is 2.36. The minimum absolute atomic E-state index is 0.0110. The lowest BCUT2D eigenvalue weighted by atomic mass is 10.2. The third-order valence-electron chi connectivity index (χ3n) is 3.62. The molecule has 1 amide bonds. The number of nitrogens with one attached hydrogen (secondary N) is 3. The molecule has 2 aromatic carbocycles. The van der Waals surface area contributed by atoms with E-state index in [0.29, 0.717) is 4.68 Å². The van der Waals surface area contributed by atoms with Crippen LogP contribution in [-0.4, -0.2) is 15.7 Å². The van der Waals surface area contributed by atoms with Crippen LogP contribution in [0.3, 0.4) is 0 Å². The van der Waals surface area contributed by atoms with Crippen LogP contribution in [0.5, 0.6) is 0 Å². The predicted octanol–water partition coefficient (Wildman–Crippen LogP) is 1.39. The normalized spacial score (nSPS) is 10.8. The van der Waals surface area contributed by atoms with Gasteiger partial charge in [-0.05, 0) is 12.1 Å². The molecule has 0 fully saturated rings. The van der Waals surface area contributed by atoms with Crippen molar-refractivity contribution in [2.75, 3.05) is 5.43 Å². The molecular weight excluding hydrogens is 372 g/mol. The Hall–Kier alpha value is -3.63. The number of amides is 1. The number of aromatic nitrogens is 2. The van der Waals surface area contributed by atoms with E-state index in [-0.39, 0.29) is 16.8 Å². The number of anilines is 1. The number of nitrogens with zero attached hydrogens (tertiary/aromatic N) is 1. The van der Waals surface area contributed by atoms with E-state index in [1.54, 1.807) is 16.9 Å². The summed E-state index contributed by atoms with van der Waals surface area (Å²) in [6.45, 7) is -0.729. The van der Waals surface area contributed by atoms with E-state index in [1.807, 2.05) is 0 Å². The van der Waals surface area contributed by atoms with Gasteiger partial charge >= 0.3 is 0 Å². The predicted molar refractivity (Wildman–Crippen MR) is 86.9 cm³/mol. The Morgan fingerprint density at radius 3 is 2.22 bits per heavy atom. The lowest BCUT2D eigenvalue weighted by molar-refractivity contribution is -0.121. The first-order chi connectivity index (χ1) is 12.8. The van der Waals surface area contributed by atoms with Crippen molar-refractivity contribution < 1.29 is 22.4 Å². The lowest BCUT2D eigenvalue weighted by Crippen LogP contribution is -2.39. The zero-order chi connectivity index (χ0) is 19.7. The SMILES string of the molecule is O=C(Cn1[nH]c(=O)c2ccccc2c1=O)NNc1c(F)c(F)cc(F)c1F. The Bertz CT molecular complexity index is 1150. The first kappa shape index (κ1) is 18.2. The van der Waals surface area contributed by atoms with Gasteiger partial charge < -0.3 is 0 Å². The van der Waals surface area contributed by atoms with Crippen LogP contribution >= 0.6 is 0 Å². The summed E-state index contributed by atoms with van der Waals surface area (Å²) in [6, 6.07) is 5.90. The molecule has 7 nitrogen and oxygen atoms in total. The van der Waals surface area contributed by atoms with Crippen molar-refractivity contribution in [3.63, 3.8) is 0 Å². The second-order valence-corrected chi connectivity index (χ2v) is 5.39. The molecule has 11 heteroatoms. The third kappa shape index (κ3) is 3.38. The van der Waals surface area contributed by atoms with Crippen molar-refractivity contribution in [1.29, 1.82) is 0 Å². The number of hydrogen-bond acceptors (Lipinski definition) is 4. The number of halogens is 4. The molecule has 0 aliphatic heterocycles. The van der Waals surface area contributed by atoms with Crippen LogP contribution in [-0.2, 0) is 11.3 Å². The molecule has 140 valence electrons. The van der Waals surface area contributed by atoms with Crippen LogP contribution in [0.15, 0.2) is 39.9 Å². The molecule has 3 rings (SSSR count). The maximum Gasteiger partial charge on any atom is 0.273 e. The molecule has 3 aromatic rings. The first-order valence-electron chi connectivity index (χ1n) is 7.39. The van der Waals surface area contributed by atoms with Gasteiger partial charge in [0, 0.05) is 6.07 Å². The number of hydrogen-bond donors (Lipinski definition) is 3. The molecule has 0 atom stereocenters. The molecule has 0 saturated heterocycles. The molecule has 0 aliphatic carbocycles. The molecule has 0 spiro atoms. The van der Waals surface area contributed by atoms with E-state index < -0.39 is 52.5 Å². The summed E-state index contributed by atoms with van der Waals surface area (Å²) in [6.07, 6.45) is 0. The van der Waals surface area contributed by atoms with Gasteiger partial charge in [0.15, 0.2) is 23.3 Å². The number of fused-ring (bicyclic) bond motifs is 1. The van der Waals surface area contributed by atoms with Crippen molar-refractivity contribution in [3.05, 3.63) is 74.3 Å². The smallest absolute Gasteiger partial charge is 0.273 e. The Morgan fingerprint density at radius 1 is 1.00 bits per heavy atom. The number of carbonyl (C=O) groups excluding carboxylic acids is 1. The molecular formula is C16H10F4N4O3. The quantitative estimate of drug-likeness (QED) is 0.361. The van der Waals surface area contributed by atoms with Crippen molar-refractivity contribution in [1.82, 2.24) is 15.2 Å². The van der Waals surface area contributed by atoms with Gasteiger partial charge in [0.05, 0.1) is 10.8 Å². The molecule has 1 aromatic heterocycles. The minimum atomic E-state index is -1.74. The van der Waals surface area contributed by atoms with E-state index in [9.17, 15) is 31.9 Å². The number of H-pyrrole nitrogens is 1. The molecule has 0 radical (unpaired) electrons. The summed E-state index contributed by atoms with van der Waals surface area (Å²) >= 11 is 0. The molecule has 0 aliphatic rings. The largest absolute Gasteiger partial charge is 0.293 e. The highest BCUT2D eigenvalue weighted by atomic mass is 19.2. The van der Waals surface area contributed by atoms with Crippen molar-refractivity contribution in [3.8, 4) is 0 Å². The number of carbonyl (C=O) groups is 1. The highest BCUT2D eigenvalue weighted by Crippen LogP contribution is 2.23. The average Bonchev–Trinajstić information content (AvgIpc) is 2.64. The number of aromatic amines is 1. The van der Waals surface area contributed by atoms with Gasteiger partial charge in [-0.25, -0.2) is 22.2 Å². The lowest BCUT2D eigenvalue weighted by Gasteiger charge is -2.12. The van der Waals surface area contributed by atoms with E-state index in [4.69, 9.17) is 0 Å². The Balaban J connectivity index is 1.82. The number of benzene rings is 2. The van der Waals surface area contributed by atoms with E-state index in [1.165, 1.54) is 18.2 Å². The summed E-state index contributed by atoms with van der Waals surface area (Å²) < 4.78 is 53.9. The number of rotatable bonds is 4. The van der Waals surface area contributed by atoms with Gasteiger partial charge in [-0.1, -0.05) is 12.1 Å². The summed E-state index contributed by atoms with van der Waals surface area (Å²) in [4.78, 5) is 36.1. The zero-order valence-electron chi connectivity index (χ0n) is 13.3. The van der Waals surface area contributed by atoms with Gasteiger partial charge in [-0.3, -0.25) is 30.3 Å². The second kappa shape index (κ2) is 6.94. The Labute approximate surface area is 147 Å². The summed E-state index contributed by atoms with van der Waals surface area (Å²) in [7, 11) is 0. The average molecular weight is 382 g/mol.